The molecule has 0 unspecified atom stereocenters. The van der Waals surface area contributed by atoms with E-state index in [4.69, 9.17) is 0 Å². The molecule has 154 valence electrons. The van der Waals surface area contributed by atoms with Crippen molar-refractivity contribution in [1.82, 2.24) is 10.2 Å². The Hall–Kier alpha value is -1.84. The van der Waals surface area contributed by atoms with Crippen LogP contribution in [-0.4, -0.2) is 21.1 Å². The van der Waals surface area contributed by atoms with Gasteiger partial charge < -0.3 is 5.11 Å². The maximum Gasteiger partial charge on any atom is 0.166 e. The lowest BCUT2D eigenvalue weighted by atomic mass is 9.88. The van der Waals surface area contributed by atoms with Gasteiger partial charge in [-0.15, -0.1) is 0 Å². The highest BCUT2D eigenvalue weighted by Crippen LogP contribution is 2.30. The third kappa shape index (κ3) is 6.08. The molecular formula is C24H36N2O2. The molecule has 28 heavy (non-hydrogen) atoms. The van der Waals surface area contributed by atoms with Crippen LogP contribution in [0, 0.1) is 5.92 Å². The van der Waals surface area contributed by atoms with Crippen molar-refractivity contribution >= 4 is 16.7 Å². The van der Waals surface area contributed by atoms with Gasteiger partial charge in [-0.25, -0.2) is 0 Å². The molecule has 2 aromatic rings. The molecule has 1 aromatic carbocycles. The van der Waals surface area contributed by atoms with E-state index in [2.05, 4.69) is 10.2 Å². The van der Waals surface area contributed by atoms with Crippen LogP contribution in [0.3, 0.4) is 0 Å². The number of fused-ring (bicyclic) bond motifs is 1. The highest BCUT2D eigenvalue weighted by molar-refractivity contribution is 6.03. The first-order valence-electron chi connectivity index (χ1n) is 11.4. The molecular weight excluding hydrogens is 348 g/mol. The highest BCUT2D eigenvalue weighted by atomic mass is 16.3. The first-order valence-corrected chi connectivity index (χ1v) is 11.4. The summed E-state index contributed by atoms with van der Waals surface area (Å²) in [6.45, 7) is 0. The zero-order valence-corrected chi connectivity index (χ0v) is 17.2. The maximum absolute atomic E-state index is 12.9. The number of aromatic amines is 1. The summed E-state index contributed by atoms with van der Waals surface area (Å²) in [7, 11) is 0. The molecule has 4 heteroatoms. The van der Waals surface area contributed by atoms with Crippen molar-refractivity contribution in [2.24, 2.45) is 5.92 Å². The van der Waals surface area contributed by atoms with Gasteiger partial charge in [0.25, 0.3) is 0 Å². The average molecular weight is 385 g/mol. The first kappa shape index (κ1) is 20.9. The second-order valence-corrected chi connectivity index (χ2v) is 8.61. The van der Waals surface area contributed by atoms with E-state index in [0.717, 1.165) is 18.2 Å². The smallest absolute Gasteiger partial charge is 0.166 e. The molecule has 1 aromatic heterocycles. The minimum atomic E-state index is 0.0529. The lowest BCUT2D eigenvalue weighted by molar-refractivity contribution is 0.0952. The van der Waals surface area contributed by atoms with Crippen molar-refractivity contribution in [3.05, 3.63) is 23.9 Å². The number of hydrogen-bond donors (Lipinski definition) is 2. The van der Waals surface area contributed by atoms with Gasteiger partial charge in [0.2, 0.25) is 0 Å². The van der Waals surface area contributed by atoms with Gasteiger partial charge in [0, 0.05) is 11.8 Å². The van der Waals surface area contributed by atoms with Gasteiger partial charge in [0.05, 0.1) is 11.8 Å². The number of hydrogen-bond acceptors (Lipinski definition) is 3. The Morgan fingerprint density at radius 2 is 1.43 bits per heavy atom. The number of phenolic OH excluding ortho intramolecular Hbond substituents is 1. The molecule has 0 aliphatic heterocycles. The summed E-state index contributed by atoms with van der Waals surface area (Å²) >= 11 is 0. The standard InChI is InChI=1S/C24H36N2O2/c27-22(21-16-15-20-18-25-26-23(20)24(21)28)17-19-13-11-9-7-5-3-1-2-4-6-8-10-12-14-19/h15-16,18-19,28H,1-14,17H2,(H,25,26). The van der Waals surface area contributed by atoms with Crippen LogP contribution < -0.4 is 0 Å². The number of H-pyrrole nitrogens is 1. The monoisotopic (exact) mass is 384 g/mol. The number of phenols is 1. The molecule has 1 heterocycles. The van der Waals surface area contributed by atoms with Crippen molar-refractivity contribution in [3.63, 3.8) is 0 Å². The second kappa shape index (κ2) is 11.2. The minimum absolute atomic E-state index is 0.0529. The first-order chi connectivity index (χ1) is 13.8. The highest BCUT2D eigenvalue weighted by Gasteiger charge is 2.19. The van der Waals surface area contributed by atoms with Crippen LogP contribution in [-0.2, 0) is 0 Å². The number of nitrogens with zero attached hydrogens (tertiary/aromatic N) is 1. The van der Waals surface area contributed by atoms with E-state index in [1.165, 1.54) is 77.0 Å². The molecule has 0 amide bonds. The van der Waals surface area contributed by atoms with E-state index in [0.29, 0.717) is 23.4 Å². The zero-order chi connectivity index (χ0) is 19.6. The topological polar surface area (TPSA) is 66.0 Å². The second-order valence-electron chi connectivity index (χ2n) is 8.61. The molecule has 2 N–H and O–H groups in total. The quantitative estimate of drug-likeness (QED) is 0.564. The van der Waals surface area contributed by atoms with Gasteiger partial charge in [-0.05, 0) is 12.0 Å². The number of benzene rings is 1. The summed E-state index contributed by atoms with van der Waals surface area (Å²) in [4.78, 5) is 12.9. The summed E-state index contributed by atoms with van der Waals surface area (Å²) in [6, 6.07) is 3.62. The summed E-state index contributed by atoms with van der Waals surface area (Å²) in [5.74, 6) is 0.559. The molecule has 0 atom stereocenters. The fourth-order valence-electron chi connectivity index (χ4n) is 4.58. The van der Waals surface area contributed by atoms with Crippen molar-refractivity contribution in [2.45, 2.75) is 96.3 Å². The van der Waals surface area contributed by atoms with E-state index in [9.17, 15) is 9.90 Å². The number of aromatic hydroxyl groups is 1. The number of carbonyl (C=O) groups excluding carboxylic acids is 1. The van der Waals surface area contributed by atoms with E-state index in [-0.39, 0.29) is 11.5 Å². The fraction of sp³-hybridized carbons (Fsp3) is 0.667. The summed E-state index contributed by atoms with van der Waals surface area (Å²) in [6.07, 6.45) is 20.5. The van der Waals surface area contributed by atoms with Crippen molar-refractivity contribution in [2.75, 3.05) is 0 Å². The van der Waals surface area contributed by atoms with E-state index >= 15 is 0 Å². The van der Waals surface area contributed by atoms with Crippen molar-refractivity contribution in [1.29, 1.82) is 0 Å². The Labute approximate surface area is 169 Å². The molecule has 0 radical (unpaired) electrons. The lowest BCUT2D eigenvalue weighted by Gasteiger charge is -2.17. The Morgan fingerprint density at radius 3 is 2.00 bits per heavy atom. The predicted molar refractivity (Wildman–Crippen MR) is 115 cm³/mol. The summed E-state index contributed by atoms with van der Waals surface area (Å²) < 4.78 is 0. The number of carbonyl (C=O) groups is 1. The molecule has 3 rings (SSSR count). The number of aromatic nitrogens is 2. The van der Waals surface area contributed by atoms with Crippen LogP contribution in [0.15, 0.2) is 18.3 Å². The Kier molecular flexibility index (Phi) is 8.38. The Bertz CT molecular complexity index is 721. The summed E-state index contributed by atoms with van der Waals surface area (Å²) in [5.41, 5.74) is 1.00. The van der Waals surface area contributed by atoms with Crippen LogP contribution in [0.5, 0.6) is 5.75 Å². The number of ketones is 1. The largest absolute Gasteiger partial charge is 0.505 e. The van der Waals surface area contributed by atoms with Gasteiger partial charge in [0.15, 0.2) is 11.5 Å². The number of nitrogens with one attached hydrogen (secondary N) is 1. The van der Waals surface area contributed by atoms with Crippen LogP contribution in [0.25, 0.3) is 10.9 Å². The molecule has 1 saturated carbocycles. The third-order valence-corrected chi connectivity index (χ3v) is 6.34. The van der Waals surface area contributed by atoms with Crippen molar-refractivity contribution < 1.29 is 9.90 Å². The maximum atomic E-state index is 12.9. The Balaban J connectivity index is 1.59. The average Bonchev–Trinajstić information content (AvgIpc) is 3.16. The number of rotatable bonds is 3. The van der Waals surface area contributed by atoms with Crippen LogP contribution >= 0.6 is 0 Å². The van der Waals surface area contributed by atoms with Crippen LogP contribution in [0.1, 0.15) is 107 Å². The van der Waals surface area contributed by atoms with E-state index in [1.807, 2.05) is 6.07 Å². The minimum Gasteiger partial charge on any atom is -0.505 e. The van der Waals surface area contributed by atoms with Crippen LogP contribution in [0.4, 0.5) is 0 Å². The number of Topliss-reactive ketones (excluding diaryl/α,β-unsaturated/α-hetero) is 1. The van der Waals surface area contributed by atoms with Gasteiger partial charge in [-0.3, -0.25) is 9.89 Å². The molecule has 1 aliphatic rings. The normalized spacial score (nSPS) is 19.1. The molecule has 4 nitrogen and oxygen atoms in total. The summed E-state index contributed by atoms with van der Waals surface area (Å²) in [5, 5.41) is 18.1. The van der Waals surface area contributed by atoms with Gasteiger partial charge in [0.1, 0.15) is 5.52 Å². The predicted octanol–water partition coefficient (Wildman–Crippen LogP) is 6.93. The van der Waals surface area contributed by atoms with Crippen molar-refractivity contribution in [3.8, 4) is 5.75 Å². The van der Waals surface area contributed by atoms with Crippen LogP contribution in [0.2, 0.25) is 0 Å². The SMILES string of the molecule is O=C(CC1CCCCCCCCCCCCCC1)c1ccc2cn[nH]c2c1O. The molecule has 1 aliphatic carbocycles. The van der Waals surface area contributed by atoms with E-state index < -0.39 is 0 Å². The Morgan fingerprint density at radius 1 is 0.893 bits per heavy atom. The van der Waals surface area contributed by atoms with Gasteiger partial charge in [-0.1, -0.05) is 96.0 Å². The lowest BCUT2D eigenvalue weighted by Crippen LogP contribution is -2.10. The fourth-order valence-corrected chi connectivity index (χ4v) is 4.58. The molecule has 1 fully saturated rings. The zero-order valence-electron chi connectivity index (χ0n) is 17.2. The third-order valence-electron chi connectivity index (χ3n) is 6.34. The molecule has 0 bridgehead atoms. The van der Waals surface area contributed by atoms with Gasteiger partial charge >= 0.3 is 0 Å². The molecule has 0 saturated heterocycles. The van der Waals surface area contributed by atoms with Gasteiger partial charge in [-0.2, -0.15) is 5.10 Å². The van der Waals surface area contributed by atoms with E-state index in [1.54, 1.807) is 12.3 Å². The molecule has 0 spiro atoms.